The first-order valence-electron chi connectivity index (χ1n) is 10.6. The van der Waals surface area contributed by atoms with Gasteiger partial charge in [-0.05, 0) is 25.0 Å². The van der Waals surface area contributed by atoms with Gasteiger partial charge < -0.3 is 0 Å². The molecule has 0 bridgehead atoms. The van der Waals surface area contributed by atoms with Crippen molar-refractivity contribution in [2.75, 3.05) is 0 Å². The molecule has 0 N–H and O–H groups in total. The van der Waals surface area contributed by atoms with Gasteiger partial charge in [-0.1, -0.05) is 117 Å². The Bertz CT molecular complexity index is 527. The van der Waals surface area contributed by atoms with Gasteiger partial charge >= 0.3 is 12.4 Å². The van der Waals surface area contributed by atoms with Crippen LogP contribution in [-0.4, -0.2) is 12.4 Å². The predicted molar refractivity (Wildman–Crippen MR) is 126 cm³/mol. The minimum atomic E-state index is -5.63. The number of hydrogen-bond donors (Lipinski definition) is 0. The lowest BCUT2D eigenvalue weighted by atomic mass is 9.72. The summed E-state index contributed by atoms with van der Waals surface area (Å²) < 4.78 is 81.3. The number of alkyl halides is 6. The minimum absolute atomic E-state index is 0.551. The molecule has 0 aromatic carbocycles. The molecule has 184 valence electrons. The lowest BCUT2D eigenvalue weighted by molar-refractivity contribution is -0.308. The fraction of sp³-hybridized carbons (Fsp3) is 0.520. The second kappa shape index (κ2) is 22.7. The Balaban J connectivity index is -0.000000250. The number of halogens is 6. The van der Waals surface area contributed by atoms with Crippen LogP contribution in [0.2, 0.25) is 0 Å². The summed E-state index contributed by atoms with van der Waals surface area (Å²) in [5, 5.41) is 0. The lowest BCUT2D eigenvalue weighted by Crippen LogP contribution is -2.52. The van der Waals surface area contributed by atoms with E-state index in [0.717, 1.165) is 18.2 Å². The van der Waals surface area contributed by atoms with E-state index in [1.807, 2.05) is 55.4 Å². The van der Waals surface area contributed by atoms with E-state index < -0.39 is 28.9 Å². The summed E-state index contributed by atoms with van der Waals surface area (Å²) in [6.45, 7) is 25.2. The zero-order valence-corrected chi connectivity index (χ0v) is 20.8. The van der Waals surface area contributed by atoms with Gasteiger partial charge in [-0.25, -0.2) is 0 Å². The summed E-state index contributed by atoms with van der Waals surface area (Å²) in [5.74, 6) is 0. The van der Waals surface area contributed by atoms with Gasteiger partial charge in [-0.3, -0.25) is 0 Å². The van der Waals surface area contributed by atoms with Crippen molar-refractivity contribution in [1.29, 1.82) is 0 Å². The summed E-state index contributed by atoms with van der Waals surface area (Å²) >= 11 is 0. The Kier molecular flexibility index (Phi) is 28.9. The second-order valence-electron chi connectivity index (χ2n) is 4.51. The Labute approximate surface area is 186 Å². The van der Waals surface area contributed by atoms with E-state index in [4.69, 9.17) is 0 Å². The summed E-state index contributed by atoms with van der Waals surface area (Å²) in [6, 6.07) is 0. The van der Waals surface area contributed by atoms with E-state index in [9.17, 15) is 26.3 Å². The minimum Gasteiger partial charge on any atom is -0.169 e. The van der Waals surface area contributed by atoms with Gasteiger partial charge in [0.15, 0.2) is 0 Å². The largest absolute Gasteiger partial charge is 0.411 e. The molecule has 0 amide bonds. The summed E-state index contributed by atoms with van der Waals surface area (Å²) in [6.07, 6.45) is -3.01. The van der Waals surface area contributed by atoms with E-state index in [1.54, 1.807) is 6.92 Å². The summed E-state index contributed by atoms with van der Waals surface area (Å²) in [4.78, 5) is 0. The first-order valence-corrected chi connectivity index (χ1v) is 10.6. The monoisotopic (exact) mass is 456 g/mol. The fourth-order valence-electron chi connectivity index (χ4n) is 1.99. The van der Waals surface area contributed by atoms with Crippen molar-refractivity contribution >= 4 is 0 Å². The van der Waals surface area contributed by atoms with Crippen molar-refractivity contribution in [3.63, 3.8) is 0 Å². The fourth-order valence-corrected chi connectivity index (χ4v) is 1.99. The van der Waals surface area contributed by atoms with E-state index in [2.05, 4.69) is 13.2 Å². The normalized spacial score (nSPS) is 11.9. The lowest BCUT2D eigenvalue weighted by Gasteiger charge is -2.39. The van der Waals surface area contributed by atoms with Gasteiger partial charge in [0.2, 0.25) is 5.41 Å². The average Bonchev–Trinajstić information content (AvgIpc) is 2.75. The third-order valence-electron chi connectivity index (χ3n) is 3.05. The molecule has 0 nitrogen and oxygen atoms in total. The maximum absolute atomic E-state index is 13.5. The molecule has 0 aromatic rings. The predicted octanol–water partition coefficient (Wildman–Crippen LogP) is 10.6. The molecule has 0 rings (SSSR count). The van der Waals surface area contributed by atoms with Gasteiger partial charge in [-0.15, -0.1) is 0 Å². The van der Waals surface area contributed by atoms with Crippen LogP contribution in [0.5, 0.6) is 0 Å². The van der Waals surface area contributed by atoms with E-state index in [0.29, 0.717) is 12.2 Å². The molecule has 6 heteroatoms. The maximum Gasteiger partial charge on any atom is 0.411 e. The molecule has 31 heavy (non-hydrogen) atoms. The van der Waals surface area contributed by atoms with Crippen LogP contribution in [-0.2, 0) is 0 Å². The Morgan fingerprint density at radius 2 is 1.00 bits per heavy atom. The molecule has 0 saturated carbocycles. The first kappa shape index (κ1) is 39.5. The van der Waals surface area contributed by atoms with Crippen molar-refractivity contribution < 1.29 is 26.3 Å². The molecular weight excluding hydrogens is 414 g/mol. The summed E-state index contributed by atoms with van der Waals surface area (Å²) in [7, 11) is 0. The maximum atomic E-state index is 13.5. The molecule has 0 atom stereocenters. The van der Waals surface area contributed by atoms with Crippen LogP contribution < -0.4 is 0 Å². The van der Waals surface area contributed by atoms with Crippen molar-refractivity contribution in [3.05, 3.63) is 72.9 Å². The van der Waals surface area contributed by atoms with Gasteiger partial charge in [0, 0.05) is 0 Å². The van der Waals surface area contributed by atoms with Gasteiger partial charge in [0.05, 0.1) is 0 Å². The summed E-state index contributed by atoms with van der Waals surface area (Å²) in [5.41, 5.74) is -6.39. The molecule has 0 spiro atoms. The molecule has 0 saturated heterocycles. The van der Waals surface area contributed by atoms with Crippen LogP contribution in [0.15, 0.2) is 72.9 Å². The van der Waals surface area contributed by atoms with Crippen LogP contribution in [0.1, 0.15) is 69.2 Å². The zero-order valence-electron chi connectivity index (χ0n) is 20.8. The average molecular weight is 457 g/mol. The molecule has 0 radical (unpaired) electrons. The highest BCUT2D eigenvalue weighted by Gasteiger charge is 2.72. The highest BCUT2D eigenvalue weighted by molar-refractivity contribution is 5.45. The van der Waals surface area contributed by atoms with E-state index in [1.165, 1.54) is 25.2 Å². The highest BCUT2D eigenvalue weighted by Crippen LogP contribution is 2.59. The van der Waals surface area contributed by atoms with Crippen LogP contribution >= 0.6 is 0 Å². The molecule has 0 aliphatic rings. The van der Waals surface area contributed by atoms with Crippen molar-refractivity contribution in [3.8, 4) is 0 Å². The zero-order chi connectivity index (χ0) is 26.3. The number of allylic oxidation sites excluding steroid dienone is 10. The van der Waals surface area contributed by atoms with Gasteiger partial charge in [-0.2, -0.15) is 26.3 Å². The van der Waals surface area contributed by atoms with E-state index in [-0.39, 0.29) is 0 Å². The smallest absolute Gasteiger partial charge is 0.169 e. The first-order chi connectivity index (χ1) is 14.5. The molecule has 0 fully saturated rings. The molecule has 0 heterocycles. The van der Waals surface area contributed by atoms with Crippen molar-refractivity contribution in [2.45, 2.75) is 81.6 Å². The van der Waals surface area contributed by atoms with Crippen LogP contribution in [0.4, 0.5) is 26.3 Å². The quantitative estimate of drug-likeness (QED) is 0.275. The van der Waals surface area contributed by atoms with Gasteiger partial charge in [0.1, 0.15) is 0 Å². The topological polar surface area (TPSA) is 0 Å². The third kappa shape index (κ3) is 12.5. The standard InChI is InChI=1S/C17H18F6.4C2H6/c1-5-8-10-11-13(4)15(16(18,19)20,17(21,22)23)14(7-3)12-9-6-2;4*1-2/h5-12H,3-4H2,1-2H3;4*1-2H3/b8-5-,9-6-,11-10-,14-12+;;;;. The molecule has 0 unspecified atom stereocenters. The van der Waals surface area contributed by atoms with Crippen LogP contribution in [0.25, 0.3) is 0 Å². The van der Waals surface area contributed by atoms with Gasteiger partial charge in [0.25, 0.3) is 0 Å². The molecule has 0 aliphatic heterocycles. The molecule has 0 aliphatic carbocycles. The Morgan fingerprint density at radius 1 is 0.645 bits per heavy atom. The SMILES string of the molecule is C=C/C(=C\C=C/C)C(C(=C)/C=C\C=C/C)(C(F)(F)F)C(F)(F)F.CC.CC.CC.CC. The second-order valence-corrected chi connectivity index (χ2v) is 4.51. The highest BCUT2D eigenvalue weighted by atomic mass is 19.4. The number of rotatable bonds is 6. The van der Waals surface area contributed by atoms with Crippen LogP contribution in [0.3, 0.4) is 0 Å². The Morgan fingerprint density at radius 3 is 1.26 bits per heavy atom. The van der Waals surface area contributed by atoms with Crippen molar-refractivity contribution in [1.82, 2.24) is 0 Å². The Hall–Kier alpha value is -1.98. The van der Waals surface area contributed by atoms with Crippen LogP contribution in [0, 0.1) is 5.41 Å². The third-order valence-corrected chi connectivity index (χ3v) is 3.05. The van der Waals surface area contributed by atoms with E-state index >= 15 is 0 Å². The molecule has 0 aromatic heterocycles. The molecular formula is C25H42F6. The van der Waals surface area contributed by atoms with Crippen molar-refractivity contribution in [2.24, 2.45) is 5.41 Å². The number of hydrogen-bond acceptors (Lipinski definition) is 0.